The average Bonchev–Trinajstić information content (AvgIpc) is 2.76. The number of hydrogen-bond donors (Lipinski definition) is 1. The highest BCUT2D eigenvalue weighted by Crippen LogP contribution is 2.30. The van der Waals surface area contributed by atoms with Gasteiger partial charge in [0.1, 0.15) is 0 Å². The van der Waals surface area contributed by atoms with Crippen LogP contribution in [-0.2, 0) is 6.42 Å². The highest BCUT2D eigenvalue weighted by Gasteiger charge is 2.17. The van der Waals surface area contributed by atoms with Gasteiger partial charge in [0.25, 0.3) is 0 Å². The van der Waals surface area contributed by atoms with Gasteiger partial charge < -0.3 is 14.8 Å². The molecule has 0 fully saturated rings. The van der Waals surface area contributed by atoms with Crippen LogP contribution in [0.5, 0.6) is 11.5 Å². The second-order valence-corrected chi connectivity index (χ2v) is 7.40. The molecule has 0 aromatic heterocycles. The Morgan fingerprint density at radius 2 is 1.26 bits per heavy atom. The molecule has 0 aliphatic carbocycles. The number of benzene rings is 3. The highest BCUT2D eigenvalue weighted by atomic mass is 16.6. The van der Waals surface area contributed by atoms with Crippen LogP contribution in [0.2, 0.25) is 0 Å². The van der Waals surface area contributed by atoms with Gasteiger partial charge in [0.05, 0.1) is 11.1 Å². The molecule has 0 aliphatic heterocycles. The predicted octanol–water partition coefficient (Wildman–Crippen LogP) is 4.89. The Balaban J connectivity index is 1.84. The van der Waals surface area contributed by atoms with Gasteiger partial charge in [-0.05, 0) is 75.3 Å². The molecule has 3 rings (SSSR count). The smallest absolute Gasteiger partial charge is 0.343 e. The first kappa shape index (κ1) is 22.2. The fourth-order valence-corrected chi connectivity index (χ4v) is 2.98. The Morgan fingerprint density at radius 3 is 1.77 bits per heavy atom. The zero-order valence-electron chi connectivity index (χ0n) is 18.1. The molecule has 0 aliphatic rings. The molecular weight excluding hydrogens is 390 g/mol. The predicted molar refractivity (Wildman–Crippen MR) is 121 cm³/mol. The van der Waals surface area contributed by atoms with Gasteiger partial charge >= 0.3 is 11.9 Å². The molecular formula is C26H27NO4. The molecule has 0 bridgehead atoms. The molecule has 0 atom stereocenters. The summed E-state index contributed by atoms with van der Waals surface area (Å²) in [5, 5.41) is 3.27. The van der Waals surface area contributed by atoms with E-state index in [0.717, 1.165) is 36.2 Å². The third kappa shape index (κ3) is 6.27. The van der Waals surface area contributed by atoms with Gasteiger partial charge in [-0.3, -0.25) is 0 Å². The maximum Gasteiger partial charge on any atom is 0.343 e. The van der Waals surface area contributed by atoms with Crippen molar-refractivity contribution >= 4 is 11.9 Å². The molecule has 0 radical (unpaired) electrons. The van der Waals surface area contributed by atoms with E-state index in [1.54, 1.807) is 36.4 Å². The molecule has 0 saturated carbocycles. The summed E-state index contributed by atoms with van der Waals surface area (Å²) in [7, 11) is 0. The van der Waals surface area contributed by atoms with E-state index in [-0.39, 0.29) is 11.5 Å². The van der Waals surface area contributed by atoms with Gasteiger partial charge in [0, 0.05) is 0 Å². The van der Waals surface area contributed by atoms with Crippen LogP contribution in [0, 0.1) is 13.8 Å². The van der Waals surface area contributed by atoms with Crippen molar-refractivity contribution in [2.75, 3.05) is 13.1 Å². The summed E-state index contributed by atoms with van der Waals surface area (Å²) in [6.07, 6.45) is 0.759. The number of esters is 2. The Morgan fingerprint density at radius 1 is 0.742 bits per heavy atom. The number of ether oxygens (including phenoxy) is 2. The number of carbonyl (C=O) groups is 2. The van der Waals surface area contributed by atoms with Crippen molar-refractivity contribution in [2.24, 2.45) is 0 Å². The van der Waals surface area contributed by atoms with Crippen molar-refractivity contribution in [1.82, 2.24) is 5.32 Å². The van der Waals surface area contributed by atoms with Gasteiger partial charge in [-0.1, -0.05) is 48.4 Å². The van der Waals surface area contributed by atoms with Gasteiger partial charge in [0.15, 0.2) is 11.5 Å². The molecule has 0 spiro atoms. The van der Waals surface area contributed by atoms with E-state index in [1.807, 2.05) is 51.1 Å². The number of hydrogen-bond acceptors (Lipinski definition) is 5. The van der Waals surface area contributed by atoms with Crippen LogP contribution in [-0.4, -0.2) is 25.0 Å². The summed E-state index contributed by atoms with van der Waals surface area (Å²) in [4.78, 5) is 25.3. The normalized spacial score (nSPS) is 10.5. The summed E-state index contributed by atoms with van der Waals surface area (Å²) >= 11 is 0. The minimum Gasteiger partial charge on any atom is -0.419 e. The second kappa shape index (κ2) is 10.5. The summed E-state index contributed by atoms with van der Waals surface area (Å²) in [5.74, 6) is -0.581. The molecule has 3 aromatic carbocycles. The van der Waals surface area contributed by atoms with Gasteiger partial charge in [0.2, 0.25) is 0 Å². The Hall–Kier alpha value is -3.44. The molecule has 5 nitrogen and oxygen atoms in total. The maximum absolute atomic E-state index is 12.7. The Labute approximate surface area is 183 Å². The minimum atomic E-state index is -0.506. The lowest BCUT2D eigenvalue weighted by molar-refractivity contribution is 0.0682. The zero-order valence-corrected chi connectivity index (χ0v) is 18.1. The fraction of sp³-hybridized carbons (Fsp3) is 0.231. The molecule has 0 unspecified atom stereocenters. The van der Waals surface area contributed by atoms with Crippen molar-refractivity contribution < 1.29 is 19.1 Å². The van der Waals surface area contributed by atoms with Crippen molar-refractivity contribution in [2.45, 2.75) is 27.2 Å². The third-order valence-corrected chi connectivity index (χ3v) is 4.83. The van der Waals surface area contributed by atoms with Gasteiger partial charge in [-0.25, -0.2) is 9.59 Å². The van der Waals surface area contributed by atoms with E-state index in [4.69, 9.17) is 9.47 Å². The molecule has 0 heterocycles. The molecule has 0 amide bonds. The van der Waals surface area contributed by atoms with Gasteiger partial charge in [-0.15, -0.1) is 0 Å². The van der Waals surface area contributed by atoms with E-state index < -0.39 is 11.9 Å². The number of nitrogens with one attached hydrogen (secondary N) is 1. The topological polar surface area (TPSA) is 64.6 Å². The van der Waals surface area contributed by atoms with Gasteiger partial charge in [-0.2, -0.15) is 0 Å². The van der Waals surface area contributed by atoms with Crippen molar-refractivity contribution in [3.8, 4) is 11.5 Å². The van der Waals surface area contributed by atoms with Crippen LogP contribution in [0.4, 0.5) is 0 Å². The van der Waals surface area contributed by atoms with E-state index >= 15 is 0 Å². The highest BCUT2D eigenvalue weighted by molar-refractivity contribution is 5.93. The number of carbonyl (C=O) groups excluding carboxylic acids is 2. The lowest BCUT2D eigenvalue weighted by Crippen LogP contribution is -2.16. The molecule has 0 saturated heterocycles. The van der Waals surface area contributed by atoms with E-state index in [1.165, 1.54) is 0 Å². The van der Waals surface area contributed by atoms with Crippen LogP contribution < -0.4 is 14.8 Å². The molecule has 1 N–H and O–H groups in total. The average molecular weight is 418 g/mol. The first-order valence-corrected chi connectivity index (χ1v) is 10.4. The SMILES string of the molecule is CCNCCc1ccc(OC(=O)c2ccc(C)cc2)c(OC(=O)c2ccc(C)cc2)c1. The minimum absolute atomic E-state index is 0.207. The first-order chi connectivity index (χ1) is 15.0. The largest absolute Gasteiger partial charge is 0.419 e. The van der Waals surface area contributed by atoms with Crippen LogP contribution in [0.3, 0.4) is 0 Å². The number of rotatable bonds is 8. The lowest BCUT2D eigenvalue weighted by atomic mass is 10.1. The number of aryl methyl sites for hydroxylation is 2. The maximum atomic E-state index is 12.7. The standard InChI is InChI=1S/C26H27NO4/c1-4-27-16-15-20-9-14-23(30-25(28)21-10-5-18(2)6-11-21)24(17-20)31-26(29)22-12-7-19(3)8-13-22/h5-14,17,27H,4,15-16H2,1-3H3. The molecule has 31 heavy (non-hydrogen) atoms. The van der Waals surface area contributed by atoms with Crippen molar-refractivity contribution in [3.63, 3.8) is 0 Å². The molecule has 3 aromatic rings. The van der Waals surface area contributed by atoms with E-state index in [9.17, 15) is 9.59 Å². The fourth-order valence-electron chi connectivity index (χ4n) is 2.98. The van der Waals surface area contributed by atoms with Crippen molar-refractivity contribution in [1.29, 1.82) is 0 Å². The van der Waals surface area contributed by atoms with E-state index in [2.05, 4.69) is 5.32 Å². The number of likely N-dealkylation sites (N-methyl/N-ethyl adjacent to an activating group) is 1. The summed E-state index contributed by atoms with van der Waals surface area (Å²) < 4.78 is 11.2. The van der Waals surface area contributed by atoms with Crippen LogP contribution in [0.15, 0.2) is 66.7 Å². The van der Waals surface area contributed by atoms with Crippen LogP contribution in [0.25, 0.3) is 0 Å². The molecule has 160 valence electrons. The Kier molecular flexibility index (Phi) is 7.57. The lowest BCUT2D eigenvalue weighted by Gasteiger charge is -2.13. The summed E-state index contributed by atoms with van der Waals surface area (Å²) in [5.41, 5.74) is 3.93. The summed E-state index contributed by atoms with van der Waals surface area (Å²) in [6, 6.07) is 19.5. The van der Waals surface area contributed by atoms with Crippen molar-refractivity contribution in [3.05, 3.63) is 94.5 Å². The molecule has 5 heteroatoms. The summed E-state index contributed by atoms with van der Waals surface area (Å²) in [6.45, 7) is 7.61. The third-order valence-electron chi connectivity index (χ3n) is 4.83. The zero-order chi connectivity index (χ0) is 22.2. The van der Waals surface area contributed by atoms with E-state index in [0.29, 0.717) is 11.1 Å². The quantitative estimate of drug-likeness (QED) is 0.321. The monoisotopic (exact) mass is 417 g/mol. The van der Waals surface area contributed by atoms with Crippen LogP contribution >= 0.6 is 0 Å². The van der Waals surface area contributed by atoms with Crippen LogP contribution in [0.1, 0.15) is 44.3 Å². The second-order valence-electron chi connectivity index (χ2n) is 7.40. The first-order valence-electron chi connectivity index (χ1n) is 10.4. The Bertz CT molecular complexity index is 1040.